The minimum absolute atomic E-state index is 0.0763. The maximum absolute atomic E-state index is 12.9. The SMILES string of the molecule is CCC(C(=O)N1CCCCC1)c1cc(OC)c(OC)c(OC)c1.COc1ccc(CCCc2cccc(OCC(=O)NCCOCCOCCOCCOCCC(=O)N=C(N)CCNc3ccc(Cl)c(Cl)c3)c2)cc1OC.O=CO. The van der Waals surface area contributed by atoms with Crippen LogP contribution in [0.15, 0.2) is 77.8 Å². The molecule has 3 amide bonds. The number of carboxylic acid groups (broad SMARTS) is 1. The van der Waals surface area contributed by atoms with Crippen molar-refractivity contribution in [1.82, 2.24) is 10.2 Å². The van der Waals surface area contributed by atoms with Crippen molar-refractivity contribution < 1.29 is 71.7 Å². The maximum atomic E-state index is 12.9. The molecule has 1 saturated heterocycles. The molecule has 0 aliphatic carbocycles. The number of aliphatic imine (C=N–C) groups is 1. The Morgan fingerprint density at radius 3 is 1.88 bits per heavy atom. The summed E-state index contributed by atoms with van der Waals surface area (Å²) in [5, 5.41) is 13.8. The van der Waals surface area contributed by atoms with E-state index >= 15 is 0 Å². The average molecular weight is 1160 g/mol. The van der Waals surface area contributed by atoms with Crippen LogP contribution < -0.4 is 44.8 Å². The third-order valence-electron chi connectivity index (χ3n) is 12.2. The summed E-state index contributed by atoms with van der Waals surface area (Å²) >= 11 is 11.9. The van der Waals surface area contributed by atoms with Crippen LogP contribution >= 0.6 is 23.2 Å². The van der Waals surface area contributed by atoms with Gasteiger partial charge in [0.1, 0.15) is 11.6 Å². The highest BCUT2D eigenvalue weighted by Gasteiger charge is 2.28. The first-order valence-electron chi connectivity index (χ1n) is 26.6. The van der Waals surface area contributed by atoms with Gasteiger partial charge < -0.3 is 73.7 Å². The van der Waals surface area contributed by atoms with Gasteiger partial charge in [0.05, 0.1) is 111 Å². The number of likely N-dealkylation sites (tertiary alicyclic amines) is 1. The Morgan fingerprint density at radius 1 is 0.688 bits per heavy atom. The zero-order chi connectivity index (χ0) is 58.3. The number of carbonyl (C=O) groups is 4. The van der Waals surface area contributed by atoms with Crippen LogP contribution in [-0.2, 0) is 51.0 Å². The fourth-order valence-electron chi connectivity index (χ4n) is 8.11. The fraction of sp³-hybridized carbons (Fsp3) is 0.500. The maximum Gasteiger partial charge on any atom is 0.290 e. The molecule has 1 fully saturated rings. The lowest BCUT2D eigenvalue weighted by Gasteiger charge is -2.30. The number of piperidine rings is 1. The topological polar surface area (TPSA) is 246 Å². The van der Waals surface area contributed by atoms with Crippen LogP contribution in [0.1, 0.15) is 74.5 Å². The summed E-state index contributed by atoms with van der Waals surface area (Å²) in [6.45, 7) is 7.18. The number of amides is 3. The minimum atomic E-state index is -0.345. The molecular weight excluding hydrogens is 1080 g/mol. The first kappa shape index (κ1) is 67.7. The predicted octanol–water partition coefficient (Wildman–Crippen LogP) is 8.44. The molecule has 80 heavy (non-hydrogen) atoms. The largest absolute Gasteiger partial charge is 0.493 e. The molecule has 4 aromatic rings. The lowest BCUT2D eigenvalue weighted by atomic mass is 9.93. The summed E-state index contributed by atoms with van der Waals surface area (Å²) < 4.78 is 54.5. The standard InChI is InChI=1S/C39H52Cl2N4O9.C18H27NO4.CH2O2/c1-48-35-12-9-30(26-36(35)49-2)6-3-5-29-7-4-8-32(25-29)54-28-39(47)44-16-18-51-20-22-53-24-23-52-21-19-50-17-14-38(46)45-37(42)13-15-43-31-10-11-33(40)34(41)27-31;1-5-14(18(20)19-9-7-6-8-10-19)13-11-15(21-2)17(23-4)16(12-13)22-3;2-1-3/h4,7-12,25-27,43H,3,5-6,13-24,28H2,1-2H3,(H,44,47)(H2,42,45,46);11-12,14H,5-10H2,1-4H3;1H,(H,2,3). The fourth-order valence-corrected chi connectivity index (χ4v) is 8.41. The highest BCUT2D eigenvalue weighted by Crippen LogP contribution is 2.41. The smallest absolute Gasteiger partial charge is 0.290 e. The van der Waals surface area contributed by atoms with E-state index in [1.165, 1.54) is 12.0 Å². The zero-order valence-electron chi connectivity index (χ0n) is 47.0. The molecule has 20 nitrogen and oxygen atoms in total. The molecule has 0 saturated carbocycles. The van der Waals surface area contributed by atoms with Gasteiger partial charge >= 0.3 is 0 Å². The Balaban J connectivity index is 0.000000533. The van der Waals surface area contributed by atoms with Crippen molar-refractivity contribution in [3.63, 3.8) is 0 Å². The van der Waals surface area contributed by atoms with Crippen molar-refractivity contribution in [2.24, 2.45) is 10.7 Å². The van der Waals surface area contributed by atoms with Crippen LogP contribution in [0.5, 0.6) is 34.5 Å². The van der Waals surface area contributed by atoms with Gasteiger partial charge in [0, 0.05) is 38.3 Å². The van der Waals surface area contributed by atoms with Gasteiger partial charge in [-0.1, -0.05) is 48.3 Å². The number of carbonyl (C=O) groups excluding carboxylic acids is 3. The van der Waals surface area contributed by atoms with Crippen LogP contribution in [-0.4, -0.2) is 161 Å². The molecule has 1 unspecified atom stereocenters. The van der Waals surface area contributed by atoms with E-state index in [-0.39, 0.29) is 55.6 Å². The highest BCUT2D eigenvalue weighted by molar-refractivity contribution is 6.42. The van der Waals surface area contributed by atoms with Crippen molar-refractivity contribution in [2.75, 3.05) is 127 Å². The van der Waals surface area contributed by atoms with Crippen molar-refractivity contribution in [2.45, 2.75) is 70.6 Å². The molecule has 0 bridgehead atoms. The number of ether oxygens (including phenoxy) is 10. The van der Waals surface area contributed by atoms with E-state index in [2.05, 4.69) is 21.7 Å². The third-order valence-corrected chi connectivity index (χ3v) is 12.9. The van der Waals surface area contributed by atoms with E-state index in [0.29, 0.717) is 98.8 Å². The first-order chi connectivity index (χ1) is 38.8. The average Bonchev–Trinajstić information content (AvgIpc) is 3.47. The van der Waals surface area contributed by atoms with E-state index in [1.54, 1.807) is 53.7 Å². The molecule has 0 radical (unpaired) electrons. The number of aryl methyl sites for hydroxylation is 2. The second-order valence-corrected chi connectivity index (χ2v) is 18.6. The molecule has 0 aromatic heterocycles. The van der Waals surface area contributed by atoms with Crippen LogP contribution in [0.4, 0.5) is 5.69 Å². The van der Waals surface area contributed by atoms with Gasteiger partial charge in [-0.05, 0) is 116 Å². The normalized spacial score (nSPS) is 12.3. The summed E-state index contributed by atoms with van der Waals surface area (Å²) in [6, 6.07) is 22.7. The lowest BCUT2D eigenvalue weighted by molar-refractivity contribution is -0.134. The van der Waals surface area contributed by atoms with Gasteiger partial charge in [-0.25, -0.2) is 4.99 Å². The molecule has 5 N–H and O–H groups in total. The van der Waals surface area contributed by atoms with E-state index in [4.69, 9.17) is 86.2 Å². The predicted molar refractivity (Wildman–Crippen MR) is 309 cm³/mol. The van der Waals surface area contributed by atoms with Gasteiger partial charge in [0.2, 0.25) is 17.6 Å². The monoisotopic (exact) mass is 1160 g/mol. The molecule has 22 heteroatoms. The summed E-state index contributed by atoms with van der Waals surface area (Å²) in [5.74, 6) is 3.52. The number of amidine groups is 1. The van der Waals surface area contributed by atoms with Crippen LogP contribution in [0.3, 0.4) is 0 Å². The van der Waals surface area contributed by atoms with E-state index < -0.39 is 0 Å². The van der Waals surface area contributed by atoms with Crippen LogP contribution in [0, 0.1) is 0 Å². The number of benzene rings is 4. The summed E-state index contributed by atoms with van der Waals surface area (Å²) in [6.07, 6.45) is 7.40. The molecular formula is C58H81Cl2N5O15. The molecule has 4 aromatic carbocycles. The second kappa shape index (κ2) is 40.6. The van der Waals surface area contributed by atoms with Crippen molar-refractivity contribution in [3.05, 3.63) is 99.5 Å². The van der Waals surface area contributed by atoms with Gasteiger partial charge in [-0.15, -0.1) is 0 Å². The molecule has 1 aliphatic rings. The second-order valence-electron chi connectivity index (χ2n) is 17.7. The van der Waals surface area contributed by atoms with Crippen LogP contribution in [0.2, 0.25) is 10.0 Å². The summed E-state index contributed by atoms with van der Waals surface area (Å²) in [5.41, 5.74) is 9.89. The lowest BCUT2D eigenvalue weighted by Crippen LogP contribution is -2.38. The molecule has 1 atom stereocenters. The first-order valence-corrected chi connectivity index (χ1v) is 27.3. The number of anilines is 1. The number of rotatable bonds is 34. The highest BCUT2D eigenvalue weighted by atomic mass is 35.5. The van der Waals surface area contributed by atoms with Crippen molar-refractivity contribution in [3.8, 4) is 34.5 Å². The molecule has 1 heterocycles. The quantitative estimate of drug-likeness (QED) is 0.0148. The Kier molecular flexibility index (Phi) is 34.4. The van der Waals surface area contributed by atoms with Gasteiger partial charge in [0.15, 0.2) is 29.6 Å². The number of halogens is 2. The zero-order valence-corrected chi connectivity index (χ0v) is 48.5. The Labute approximate surface area is 480 Å². The van der Waals surface area contributed by atoms with Gasteiger partial charge in [0.25, 0.3) is 12.4 Å². The van der Waals surface area contributed by atoms with Crippen molar-refractivity contribution in [1.29, 1.82) is 0 Å². The number of hydrogen-bond donors (Lipinski definition) is 4. The number of hydrogen-bond acceptors (Lipinski definition) is 15. The van der Waals surface area contributed by atoms with Gasteiger partial charge in [-0.2, -0.15) is 0 Å². The molecule has 1 aliphatic heterocycles. The summed E-state index contributed by atoms with van der Waals surface area (Å²) in [4.78, 5) is 51.3. The Hall–Kier alpha value is -6.55. The number of methoxy groups -OCH3 is 5. The van der Waals surface area contributed by atoms with E-state index in [9.17, 15) is 14.4 Å². The number of nitrogens with zero attached hydrogens (tertiary/aromatic N) is 2. The van der Waals surface area contributed by atoms with Crippen LogP contribution in [0.25, 0.3) is 0 Å². The van der Waals surface area contributed by atoms with Gasteiger partial charge in [-0.3, -0.25) is 19.2 Å². The molecule has 5 rings (SSSR count). The number of nitrogens with one attached hydrogen (secondary N) is 2. The molecule has 442 valence electrons. The Morgan fingerprint density at radius 2 is 1.29 bits per heavy atom. The van der Waals surface area contributed by atoms with E-state index in [0.717, 1.165) is 79.9 Å². The van der Waals surface area contributed by atoms with E-state index in [1.807, 2.05) is 60.4 Å². The minimum Gasteiger partial charge on any atom is -0.493 e. The molecule has 0 spiro atoms. The Bertz CT molecular complexity index is 2450. The third kappa shape index (κ3) is 26.2. The number of nitrogens with two attached hydrogens (primary N) is 1. The van der Waals surface area contributed by atoms with Crippen molar-refractivity contribution >= 4 is 58.9 Å². The summed E-state index contributed by atoms with van der Waals surface area (Å²) in [7, 11) is 8.02.